The maximum atomic E-state index is 11.9. The summed E-state index contributed by atoms with van der Waals surface area (Å²) >= 11 is -2.68. The summed E-state index contributed by atoms with van der Waals surface area (Å²) in [5.74, 6) is 0.0195. The van der Waals surface area contributed by atoms with Gasteiger partial charge in [0.05, 0.1) is 0 Å². The molecule has 0 bridgehead atoms. The minimum absolute atomic E-state index is 0.0195. The minimum atomic E-state index is -2.68. The molecule has 0 aromatic heterocycles. The second-order valence-electron chi connectivity index (χ2n) is 4.70. The van der Waals surface area contributed by atoms with Crippen molar-refractivity contribution in [2.45, 2.75) is 45.6 Å². The zero-order chi connectivity index (χ0) is 13.4. The number of rotatable bonds is 7. The fraction of sp³-hybridized carbons (Fsp3) is 0.533. The molecule has 0 radical (unpaired) electrons. The molecule has 18 heavy (non-hydrogen) atoms. The van der Waals surface area contributed by atoms with Gasteiger partial charge in [0.2, 0.25) is 0 Å². The van der Waals surface area contributed by atoms with Gasteiger partial charge >= 0.3 is 117 Å². The van der Waals surface area contributed by atoms with Crippen LogP contribution in [0.25, 0.3) is 0 Å². The van der Waals surface area contributed by atoms with E-state index in [4.69, 9.17) is 2.69 Å². The molecule has 2 nitrogen and oxygen atoms in total. The van der Waals surface area contributed by atoms with Gasteiger partial charge in [0, 0.05) is 0 Å². The molecular weight excluding hydrogens is 419 g/mol. The van der Waals surface area contributed by atoms with Crippen molar-refractivity contribution in [2.24, 2.45) is 0 Å². The standard InChI is InChI=1S/C9H10O2.3C2H5.Pb/c10-9(11)7-6-8-4-2-1-3-5-8;3*1-2;/h1-5H,6-7H2,(H,10,11);3*1H2,2H3;/q;;;;+1/p-1. The topological polar surface area (TPSA) is 26.3 Å². The summed E-state index contributed by atoms with van der Waals surface area (Å²) in [5, 5.41) is 0. The fourth-order valence-corrected chi connectivity index (χ4v) is 11.9. The molecule has 0 heterocycles. The van der Waals surface area contributed by atoms with Crippen molar-refractivity contribution in [2.75, 3.05) is 0 Å². The first-order chi connectivity index (χ1) is 8.65. The van der Waals surface area contributed by atoms with E-state index in [2.05, 4.69) is 32.9 Å². The molecule has 0 atom stereocenters. The van der Waals surface area contributed by atoms with Crippen LogP contribution in [0.2, 0.25) is 11.9 Å². The maximum absolute atomic E-state index is 11.9. The van der Waals surface area contributed by atoms with Crippen LogP contribution in [0.3, 0.4) is 0 Å². The van der Waals surface area contributed by atoms with Crippen LogP contribution in [0.15, 0.2) is 30.3 Å². The molecule has 0 amide bonds. The van der Waals surface area contributed by atoms with Gasteiger partial charge in [-0.25, -0.2) is 0 Å². The zero-order valence-electron chi connectivity index (χ0n) is 11.7. The summed E-state index contributed by atoms with van der Waals surface area (Å²) in [7, 11) is 0. The van der Waals surface area contributed by atoms with Crippen molar-refractivity contribution in [1.29, 1.82) is 0 Å². The predicted molar refractivity (Wildman–Crippen MR) is 78.1 cm³/mol. The third kappa shape index (κ3) is 4.71. The van der Waals surface area contributed by atoms with Crippen molar-refractivity contribution in [3.63, 3.8) is 0 Å². The Labute approximate surface area is 116 Å². The van der Waals surface area contributed by atoms with Crippen LogP contribution in [0.1, 0.15) is 32.8 Å². The second-order valence-corrected chi connectivity index (χ2v) is 22.9. The molecule has 0 fully saturated rings. The van der Waals surface area contributed by atoms with E-state index in [0.717, 1.165) is 18.4 Å². The number of carbonyl (C=O) groups excluding carboxylic acids is 1. The average molecular weight is 444 g/mol. The molecule has 0 aliphatic rings. The Morgan fingerprint density at radius 1 is 1.06 bits per heavy atom. The number of hydrogen-bond acceptors (Lipinski definition) is 2. The van der Waals surface area contributed by atoms with Gasteiger partial charge in [0.1, 0.15) is 0 Å². The van der Waals surface area contributed by atoms with E-state index in [1.165, 1.54) is 5.56 Å². The van der Waals surface area contributed by atoms with Crippen LogP contribution >= 0.6 is 0 Å². The predicted octanol–water partition coefficient (Wildman–Crippen LogP) is 4.17. The van der Waals surface area contributed by atoms with Crippen molar-refractivity contribution in [3.8, 4) is 0 Å². The van der Waals surface area contributed by atoms with Gasteiger partial charge in [0.15, 0.2) is 0 Å². The van der Waals surface area contributed by atoms with E-state index < -0.39 is 21.6 Å². The van der Waals surface area contributed by atoms with Gasteiger partial charge in [-0.1, -0.05) is 0 Å². The van der Waals surface area contributed by atoms with E-state index in [1.54, 1.807) is 0 Å². The molecule has 0 aliphatic heterocycles. The van der Waals surface area contributed by atoms with Crippen LogP contribution in [0.5, 0.6) is 0 Å². The zero-order valence-corrected chi connectivity index (χ0v) is 15.6. The third-order valence-corrected chi connectivity index (χ3v) is 21.3. The van der Waals surface area contributed by atoms with Crippen molar-refractivity contribution >= 4 is 27.6 Å². The monoisotopic (exact) mass is 444 g/mol. The first-order valence-corrected chi connectivity index (χ1v) is 16.7. The molecule has 0 spiro atoms. The average Bonchev–Trinajstić information content (AvgIpc) is 2.44. The van der Waals surface area contributed by atoms with Crippen LogP contribution in [0.4, 0.5) is 0 Å². The summed E-state index contributed by atoms with van der Waals surface area (Å²) in [6.07, 6.45) is 1.31. The fourth-order valence-electron chi connectivity index (χ4n) is 2.15. The molecule has 3 heteroatoms. The summed E-state index contributed by atoms with van der Waals surface area (Å²) in [4.78, 5) is 11.9. The number of aryl methyl sites for hydroxylation is 1. The Morgan fingerprint density at radius 3 is 2.11 bits per heavy atom. The number of carbonyl (C=O) groups is 1. The van der Waals surface area contributed by atoms with Crippen molar-refractivity contribution in [1.82, 2.24) is 0 Å². The second kappa shape index (κ2) is 7.92. The molecule has 1 aromatic carbocycles. The molecular formula is C15H24O2Pb. The van der Waals surface area contributed by atoms with Crippen LogP contribution < -0.4 is 0 Å². The first-order valence-electron chi connectivity index (χ1n) is 6.91. The molecule has 0 saturated heterocycles. The van der Waals surface area contributed by atoms with Crippen LogP contribution in [-0.4, -0.2) is 27.6 Å². The van der Waals surface area contributed by atoms with Gasteiger partial charge < -0.3 is 0 Å². The SMILES string of the molecule is C[CH2][Pb]([CH2]C)([CH2]C)[O]C(=O)CCc1ccccc1. The van der Waals surface area contributed by atoms with Gasteiger partial charge in [-0.2, -0.15) is 0 Å². The van der Waals surface area contributed by atoms with E-state index in [-0.39, 0.29) is 5.97 Å². The molecule has 0 saturated carbocycles. The first kappa shape index (κ1) is 15.7. The summed E-state index contributed by atoms with van der Waals surface area (Å²) < 4.78 is 9.22. The molecule has 1 aromatic rings. The van der Waals surface area contributed by atoms with Crippen LogP contribution in [0, 0.1) is 0 Å². The summed E-state index contributed by atoms with van der Waals surface area (Å²) in [5.41, 5.74) is 1.21. The molecule has 100 valence electrons. The Hall–Kier alpha value is -0.388. The van der Waals surface area contributed by atoms with Gasteiger partial charge in [0.25, 0.3) is 0 Å². The quantitative estimate of drug-likeness (QED) is 0.592. The Balaban J connectivity index is 2.46. The molecule has 1 rings (SSSR count). The normalized spacial score (nSPS) is 11.3. The van der Waals surface area contributed by atoms with Gasteiger partial charge in [-0.05, 0) is 0 Å². The Bertz CT molecular complexity index is 350. The van der Waals surface area contributed by atoms with E-state index in [9.17, 15) is 4.79 Å². The Morgan fingerprint density at radius 2 is 1.61 bits per heavy atom. The van der Waals surface area contributed by atoms with Gasteiger partial charge in [-0.15, -0.1) is 0 Å². The number of benzene rings is 1. The molecule has 0 N–H and O–H groups in total. The third-order valence-electron chi connectivity index (χ3n) is 3.72. The van der Waals surface area contributed by atoms with Crippen molar-refractivity contribution < 1.29 is 7.48 Å². The molecule has 0 aliphatic carbocycles. The van der Waals surface area contributed by atoms with E-state index in [1.807, 2.05) is 18.2 Å². The van der Waals surface area contributed by atoms with E-state index in [0.29, 0.717) is 6.42 Å². The number of hydrogen-bond donors (Lipinski definition) is 0. The van der Waals surface area contributed by atoms with Crippen LogP contribution in [-0.2, 0) is 13.9 Å². The van der Waals surface area contributed by atoms with Gasteiger partial charge in [-0.3, -0.25) is 0 Å². The molecule has 0 unspecified atom stereocenters. The van der Waals surface area contributed by atoms with E-state index >= 15 is 0 Å². The summed E-state index contributed by atoms with van der Waals surface area (Å²) in [6, 6.07) is 10.1. The summed E-state index contributed by atoms with van der Waals surface area (Å²) in [6.45, 7) is 6.54. The Kier molecular flexibility index (Phi) is 6.89. The van der Waals surface area contributed by atoms with Crippen molar-refractivity contribution in [3.05, 3.63) is 35.9 Å².